The molecule has 0 aliphatic heterocycles. The van der Waals surface area contributed by atoms with Crippen molar-refractivity contribution in [1.29, 1.82) is 0 Å². The van der Waals surface area contributed by atoms with E-state index in [1.807, 2.05) is 30.0 Å². The van der Waals surface area contributed by atoms with E-state index in [0.717, 1.165) is 35.7 Å². The number of hydrogen-bond acceptors (Lipinski definition) is 2. The molecule has 0 bridgehead atoms. The largest absolute Gasteiger partial charge is 0.451 e. The van der Waals surface area contributed by atoms with Crippen molar-refractivity contribution in [3.63, 3.8) is 0 Å². The van der Waals surface area contributed by atoms with Gasteiger partial charge < -0.3 is 9.32 Å². The number of halogens is 1. The number of furan rings is 1. The van der Waals surface area contributed by atoms with Gasteiger partial charge in [0.05, 0.1) is 0 Å². The summed E-state index contributed by atoms with van der Waals surface area (Å²) in [7, 11) is 0. The van der Waals surface area contributed by atoms with Crippen LogP contribution in [-0.2, 0) is 0 Å². The fourth-order valence-corrected chi connectivity index (χ4v) is 3.55. The van der Waals surface area contributed by atoms with E-state index in [9.17, 15) is 4.79 Å². The predicted octanol–water partition coefficient (Wildman–Crippen LogP) is 4.52. The van der Waals surface area contributed by atoms with Crippen molar-refractivity contribution in [2.24, 2.45) is 0 Å². The van der Waals surface area contributed by atoms with Crippen LogP contribution in [0.1, 0.15) is 41.8 Å². The first-order chi connectivity index (χ1) is 10.2. The van der Waals surface area contributed by atoms with Gasteiger partial charge in [-0.1, -0.05) is 40.4 Å². The van der Waals surface area contributed by atoms with E-state index >= 15 is 0 Å². The minimum Gasteiger partial charge on any atom is -0.451 e. The van der Waals surface area contributed by atoms with Crippen LogP contribution in [0.4, 0.5) is 0 Å². The van der Waals surface area contributed by atoms with Gasteiger partial charge in [0.1, 0.15) is 5.58 Å². The van der Waals surface area contributed by atoms with Gasteiger partial charge in [-0.3, -0.25) is 4.79 Å². The Kier molecular flexibility index (Phi) is 4.34. The number of nitrogens with zero attached hydrogens (tertiary/aromatic N) is 1. The van der Waals surface area contributed by atoms with E-state index in [0.29, 0.717) is 11.8 Å². The molecule has 1 amide bonds. The molecule has 4 heteroatoms. The molecule has 3 nitrogen and oxygen atoms in total. The summed E-state index contributed by atoms with van der Waals surface area (Å²) in [6, 6.07) is 8.24. The van der Waals surface area contributed by atoms with E-state index in [1.165, 1.54) is 18.4 Å². The van der Waals surface area contributed by atoms with Crippen molar-refractivity contribution < 1.29 is 9.21 Å². The van der Waals surface area contributed by atoms with Crippen molar-refractivity contribution in [2.45, 2.75) is 38.6 Å². The number of carbonyl (C=O) groups is 1. The second-order valence-electron chi connectivity index (χ2n) is 5.78. The zero-order valence-corrected chi connectivity index (χ0v) is 13.9. The van der Waals surface area contributed by atoms with Gasteiger partial charge in [0.2, 0.25) is 0 Å². The van der Waals surface area contributed by atoms with Gasteiger partial charge in [0.25, 0.3) is 5.91 Å². The molecule has 1 aliphatic rings. The molecule has 0 saturated heterocycles. The number of benzene rings is 1. The number of alkyl halides is 1. The van der Waals surface area contributed by atoms with Crippen molar-refractivity contribution in [3.8, 4) is 0 Å². The Hall–Kier alpha value is -1.29. The van der Waals surface area contributed by atoms with Crippen LogP contribution in [0.3, 0.4) is 0 Å². The lowest BCUT2D eigenvalue weighted by Gasteiger charge is -2.27. The first-order valence-electron chi connectivity index (χ1n) is 7.56. The van der Waals surface area contributed by atoms with Crippen LogP contribution in [0.5, 0.6) is 0 Å². The Labute approximate surface area is 133 Å². The van der Waals surface area contributed by atoms with Gasteiger partial charge in [0, 0.05) is 23.3 Å². The molecule has 0 radical (unpaired) electrons. The van der Waals surface area contributed by atoms with Crippen molar-refractivity contribution in [2.75, 3.05) is 11.9 Å². The first-order valence-corrected chi connectivity index (χ1v) is 8.68. The monoisotopic (exact) mass is 349 g/mol. The highest BCUT2D eigenvalue weighted by Crippen LogP contribution is 2.27. The second kappa shape index (κ2) is 6.22. The number of fused-ring (bicyclic) bond motifs is 1. The summed E-state index contributed by atoms with van der Waals surface area (Å²) in [6.07, 6.45) is 4.66. The summed E-state index contributed by atoms with van der Waals surface area (Å²) < 4.78 is 5.77. The average Bonchev–Trinajstić information content (AvgIpc) is 3.12. The zero-order chi connectivity index (χ0) is 14.8. The van der Waals surface area contributed by atoms with Crippen LogP contribution in [0, 0.1) is 6.92 Å². The zero-order valence-electron chi connectivity index (χ0n) is 12.3. The van der Waals surface area contributed by atoms with E-state index in [2.05, 4.69) is 22.0 Å². The molecule has 1 aromatic heterocycles. The molecule has 1 fully saturated rings. The maximum atomic E-state index is 12.8. The quantitative estimate of drug-likeness (QED) is 0.760. The van der Waals surface area contributed by atoms with E-state index in [-0.39, 0.29) is 5.91 Å². The summed E-state index contributed by atoms with van der Waals surface area (Å²) in [5, 5.41) is 1.80. The smallest absolute Gasteiger partial charge is 0.289 e. The molecule has 1 aliphatic carbocycles. The van der Waals surface area contributed by atoms with Gasteiger partial charge in [-0.15, -0.1) is 0 Å². The standard InChI is InChI=1S/C17H20BrNO2/c1-12-6-7-15-13(10-12)11-16(21-15)17(20)19(9-8-18)14-4-2-3-5-14/h6-7,10-11,14H,2-5,8-9H2,1H3. The minimum absolute atomic E-state index is 0.0233. The van der Waals surface area contributed by atoms with E-state index in [4.69, 9.17) is 4.42 Å². The molecule has 1 aromatic carbocycles. The molecule has 0 spiro atoms. The molecular weight excluding hydrogens is 330 g/mol. The Balaban J connectivity index is 1.89. The van der Waals surface area contributed by atoms with Gasteiger partial charge in [0.15, 0.2) is 5.76 Å². The van der Waals surface area contributed by atoms with Gasteiger partial charge in [-0.2, -0.15) is 0 Å². The highest BCUT2D eigenvalue weighted by atomic mass is 79.9. The van der Waals surface area contributed by atoms with Crippen LogP contribution in [0.25, 0.3) is 11.0 Å². The summed E-state index contributed by atoms with van der Waals surface area (Å²) in [5.74, 6) is 0.485. The normalized spacial score (nSPS) is 15.7. The Morgan fingerprint density at radius 2 is 2.10 bits per heavy atom. The number of hydrogen-bond donors (Lipinski definition) is 0. The molecule has 3 rings (SSSR count). The van der Waals surface area contributed by atoms with Gasteiger partial charge in [-0.25, -0.2) is 0 Å². The average molecular weight is 350 g/mol. The lowest BCUT2D eigenvalue weighted by Crippen LogP contribution is -2.39. The number of rotatable bonds is 4. The summed E-state index contributed by atoms with van der Waals surface area (Å²) in [6.45, 7) is 2.78. The lowest BCUT2D eigenvalue weighted by molar-refractivity contribution is 0.0666. The van der Waals surface area contributed by atoms with Crippen LogP contribution in [0.2, 0.25) is 0 Å². The molecule has 1 heterocycles. The van der Waals surface area contributed by atoms with Crippen molar-refractivity contribution in [1.82, 2.24) is 4.90 Å². The molecule has 2 aromatic rings. The maximum Gasteiger partial charge on any atom is 0.289 e. The highest BCUT2D eigenvalue weighted by molar-refractivity contribution is 9.09. The Bertz CT molecular complexity index is 643. The second-order valence-corrected chi connectivity index (χ2v) is 6.57. The fraction of sp³-hybridized carbons (Fsp3) is 0.471. The number of aryl methyl sites for hydroxylation is 1. The van der Waals surface area contributed by atoms with Crippen molar-refractivity contribution in [3.05, 3.63) is 35.6 Å². The van der Waals surface area contributed by atoms with Crippen LogP contribution in [-0.4, -0.2) is 28.7 Å². The number of amides is 1. The Morgan fingerprint density at radius 3 is 2.81 bits per heavy atom. The third-order valence-electron chi connectivity index (χ3n) is 4.23. The molecule has 0 N–H and O–H groups in total. The lowest BCUT2D eigenvalue weighted by atomic mass is 10.1. The molecule has 112 valence electrons. The van der Waals surface area contributed by atoms with Crippen LogP contribution < -0.4 is 0 Å². The molecule has 0 unspecified atom stereocenters. The summed E-state index contributed by atoms with van der Waals surface area (Å²) >= 11 is 3.46. The highest BCUT2D eigenvalue weighted by Gasteiger charge is 2.28. The Morgan fingerprint density at radius 1 is 1.33 bits per heavy atom. The first kappa shape index (κ1) is 14.6. The predicted molar refractivity (Wildman–Crippen MR) is 88.0 cm³/mol. The fourth-order valence-electron chi connectivity index (χ4n) is 3.17. The maximum absolute atomic E-state index is 12.8. The minimum atomic E-state index is 0.0233. The van der Waals surface area contributed by atoms with Crippen LogP contribution in [0.15, 0.2) is 28.7 Å². The number of carbonyl (C=O) groups excluding carboxylic acids is 1. The van der Waals surface area contributed by atoms with E-state index < -0.39 is 0 Å². The molecular formula is C17H20BrNO2. The van der Waals surface area contributed by atoms with Crippen molar-refractivity contribution >= 4 is 32.8 Å². The van der Waals surface area contributed by atoms with Gasteiger partial charge in [-0.05, 0) is 38.0 Å². The third kappa shape index (κ3) is 3.00. The third-order valence-corrected chi connectivity index (χ3v) is 4.59. The molecule has 1 saturated carbocycles. The van der Waals surface area contributed by atoms with Crippen LogP contribution >= 0.6 is 15.9 Å². The topological polar surface area (TPSA) is 33.5 Å². The van der Waals surface area contributed by atoms with Gasteiger partial charge >= 0.3 is 0 Å². The summed E-state index contributed by atoms with van der Waals surface area (Å²) in [5.41, 5.74) is 1.96. The molecule has 21 heavy (non-hydrogen) atoms. The van der Waals surface area contributed by atoms with E-state index in [1.54, 1.807) is 0 Å². The SMILES string of the molecule is Cc1ccc2oc(C(=O)N(CCBr)C3CCCC3)cc2c1. The summed E-state index contributed by atoms with van der Waals surface area (Å²) in [4.78, 5) is 14.8. The molecule has 0 atom stereocenters.